The van der Waals surface area contributed by atoms with Crippen molar-refractivity contribution >= 4 is 0 Å². The molecule has 2 aliphatic rings. The maximum atomic E-state index is 12.0. The number of hydrogen-bond donors (Lipinski definition) is 2. The molecule has 0 bridgehead atoms. The number of aliphatic hydroxyl groups is 1. The van der Waals surface area contributed by atoms with Crippen LogP contribution in [0.3, 0.4) is 0 Å². The lowest BCUT2D eigenvalue weighted by atomic mass is 10.2. The highest BCUT2D eigenvalue weighted by atomic mass is 16.5. The van der Waals surface area contributed by atoms with Crippen LogP contribution in [0.5, 0.6) is 0 Å². The Hall–Kier alpha value is -2.22. The molecule has 0 aliphatic carbocycles. The minimum atomic E-state index is -0.495. The second-order valence-electron chi connectivity index (χ2n) is 5.90. The second kappa shape index (κ2) is 5.45. The molecular formula is C16H17N3O4. The summed E-state index contributed by atoms with van der Waals surface area (Å²) >= 11 is 0. The molecule has 5 atom stereocenters. The summed E-state index contributed by atoms with van der Waals surface area (Å²) in [6.45, 7) is 0.645. The molecule has 4 rings (SSSR count). The van der Waals surface area contributed by atoms with Crippen molar-refractivity contribution in [1.29, 1.82) is 0 Å². The molecule has 120 valence electrons. The lowest BCUT2D eigenvalue weighted by molar-refractivity contribution is -0.0652. The number of nitrogens with one attached hydrogen (secondary N) is 1. The Balaban J connectivity index is 1.60. The first-order valence-electron chi connectivity index (χ1n) is 7.56. The van der Waals surface area contributed by atoms with Crippen LogP contribution in [0.25, 0.3) is 0 Å². The zero-order chi connectivity index (χ0) is 16.0. The van der Waals surface area contributed by atoms with Crippen molar-refractivity contribution in [1.82, 2.24) is 14.5 Å². The first-order chi connectivity index (χ1) is 11.2. The smallest absolute Gasteiger partial charge is 0.330 e. The maximum absolute atomic E-state index is 12.0. The van der Waals surface area contributed by atoms with E-state index in [-0.39, 0.29) is 24.8 Å². The summed E-state index contributed by atoms with van der Waals surface area (Å²) in [7, 11) is 0. The molecule has 2 fully saturated rings. The highest BCUT2D eigenvalue weighted by molar-refractivity contribution is 5.20. The summed E-state index contributed by atoms with van der Waals surface area (Å²) < 4.78 is 7.19. The van der Waals surface area contributed by atoms with Crippen molar-refractivity contribution in [3.05, 3.63) is 69.0 Å². The Labute approximate surface area is 131 Å². The fourth-order valence-corrected chi connectivity index (χ4v) is 3.44. The van der Waals surface area contributed by atoms with Crippen molar-refractivity contribution in [2.24, 2.45) is 0 Å². The van der Waals surface area contributed by atoms with Gasteiger partial charge in [0.2, 0.25) is 0 Å². The van der Waals surface area contributed by atoms with Crippen LogP contribution in [0.1, 0.15) is 11.8 Å². The van der Waals surface area contributed by atoms with Gasteiger partial charge in [-0.05, 0) is 5.56 Å². The first-order valence-corrected chi connectivity index (χ1v) is 7.56. The van der Waals surface area contributed by atoms with Crippen molar-refractivity contribution in [2.45, 2.75) is 31.0 Å². The van der Waals surface area contributed by atoms with Gasteiger partial charge in [0.25, 0.3) is 5.56 Å². The van der Waals surface area contributed by atoms with Crippen molar-refractivity contribution in [3.8, 4) is 0 Å². The summed E-state index contributed by atoms with van der Waals surface area (Å²) in [6, 6.07) is 11.4. The van der Waals surface area contributed by atoms with Gasteiger partial charge in [-0.2, -0.15) is 0 Å². The fourth-order valence-electron chi connectivity index (χ4n) is 3.44. The normalized spacial score (nSPS) is 31.8. The molecule has 0 saturated carbocycles. The highest BCUT2D eigenvalue weighted by Crippen LogP contribution is 2.48. The minimum Gasteiger partial charge on any atom is -0.394 e. The number of ether oxygens (including phenoxy) is 1. The van der Waals surface area contributed by atoms with E-state index < -0.39 is 17.5 Å². The zero-order valence-corrected chi connectivity index (χ0v) is 12.3. The molecule has 3 heterocycles. The Morgan fingerprint density at radius 1 is 1.13 bits per heavy atom. The van der Waals surface area contributed by atoms with Crippen LogP contribution in [-0.2, 0) is 11.3 Å². The summed E-state index contributed by atoms with van der Waals surface area (Å²) in [5, 5.41) is 9.53. The number of morpholine rings is 1. The number of rotatable bonds is 4. The average Bonchev–Trinajstić information content (AvgIpc) is 3.10. The largest absolute Gasteiger partial charge is 0.394 e. The van der Waals surface area contributed by atoms with Crippen molar-refractivity contribution < 1.29 is 9.84 Å². The van der Waals surface area contributed by atoms with Gasteiger partial charge in [-0.3, -0.25) is 19.2 Å². The van der Waals surface area contributed by atoms with Crippen LogP contribution in [0.2, 0.25) is 0 Å². The van der Waals surface area contributed by atoms with E-state index in [1.807, 2.05) is 30.3 Å². The third-order valence-electron chi connectivity index (χ3n) is 4.53. The van der Waals surface area contributed by atoms with Gasteiger partial charge >= 0.3 is 5.69 Å². The lowest BCUT2D eigenvalue weighted by Gasteiger charge is -2.22. The molecule has 0 spiro atoms. The molecular weight excluding hydrogens is 298 g/mol. The van der Waals surface area contributed by atoms with Gasteiger partial charge in [-0.25, -0.2) is 4.79 Å². The van der Waals surface area contributed by atoms with Crippen LogP contribution >= 0.6 is 0 Å². The lowest BCUT2D eigenvalue weighted by Crippen LogP contribution is -2.36. The number of aromatic amines is 1. The van der Waals surface area contributed by atoms with E-state index in [1.165, 1.54) is 22.4 Å². The number of H-pyrrole nitrogens is 1. The SMILES string of the molecule is O=c1ccn([C@@H]2O[C@H](CO)C3C2N3Cc2ccccc2)c(=O)[nH]1. The molecule has 3 unspecified atom stereocenters. The van der Waals surface area contributed by atoms with E-state index in [4.69, 9.17) is 4.74 Å². The van der Waals surface area contributed by atoms with E-state index in [9.17, 15) is 14.7 Å². The quantitative estimate of drug-likeness (QED) is 0.755. The molecule has 0 radical (unpaired) electrons. The second-order valence-corrected chi connectivity index (χ2v) is 5.90. The predicted octanol–water partition coefficient (Wildman–Crippen LogP) is -0.321. The Bertz CT molecular complexity index is 816. The van der Waals surface area contributed by atoms with E-state index in [0.29, 0.717) is 0 Å². The van der Waals surface area contributed by atoms with Gasteiger partial charge < -0.3 is 9.84 Å². The van der Waals surface area contributed by atoms with Gasteiger partial charge in [0.05, 0.1) is 18.7 Å². The zero-order valence-electron chi connectivity index (χ0n) is 12.3. The molecule has 1 aromatic carbocycles. The van der Waals surface area contributed by atoms with Crippen LogP contribution in [0, 0.1) is 0 Å². The van der Waals surface area contributed by atoms with E-state index >= 15 is 0 Å². The summed E-state index contributed by atoms with van der Waals surface area (Å²) in [6.07, 6.45) is 0.625. The van der Waals surface area contributed by atoms with E-state index in [2.05, 4.69) is 9.88 Å². The van der Waals surface area contributed by atoms with Gasteiger partial charge in [0, 0.05) is 18.8 Å². The van der Waals surface area contributed by atoms with Crippen LogP contribution in [-0.4, -0.2) is 44.4 Å². The van der Waals surface area contributed by atoms with Crippen LogP contribution in [0.15, 0.2) is 52.2 Å². The topological polar surface area (TPSA) is 87.3 Å². The Kier molecular flexibility index (Phi) is 3.41. The molecule has 2 aromatic rings. The number of benzene rings is 1. The fraction of sp³-hybridized carbons (Fsp3) is 0.375. The highest BCUT2D eigenvalue weighted by Gasteiger charge is 2.63. The molecule has 2 saturated heterocycles. The molecule has 7 nitrogen and oxygen atoms in total. The Morgan fingerprint density at radius 3 is 2.61 bits per heavy atom. The molecule has 2 N–H and O–H groups in total. The summed E-state index contributed by atoms with van der Waals surface area (Å²) in [4.78, 5) is 27.7. The molecule has 23 heavy (non-hydrogen) atoms. The molecule has 1 aromatic heterocycles. The summed E-state index contributed by atoms with van der Waals surface area (Å²) in [5.74, 6) is 0. The number of aliphatic hydroxyl groups excluding tert-OH is 1. The van der Waals surface area contributed by atoms with E-state index in [1.54, 1.807) is 0 Å². The van der Waals surface area contributed by atoms with E-state index in [0.717, 1.165) is 6.54 Å². The van der Waals surface area contributed by atoms with Crippen molar-refractivity contribution in [2.75, 3.05) is 6.61 Å². The monoisotopic (exact) mass is 315 g/mol. The van der Waals surface area contributed by atoms with Crippen LogP contribution < -0.4 is 11.2 Å². The minimum absolute atomic E-state index is 0.0240. The average molecular weight is 315 g/mol. The number of fused-ring (bicyclic) bond motifs is 1. The molecule has 7 heteroatoms. The number of hydrogen-bond acceptors (Lipinski definition) is 5. The third kappa shape index (κ3) is 2.42. The third-order valence-corrected chi connectivity index (χ3v) is 4.53. The Morgan fingerprint density at radius 2 is 1.91 bits per heavy atom. The van der Waals surface area contributed by atoms with Crippen molar-refractivity contribution in [3.63, 3.8) is 0 Å². The van der Waals surface area contributed by atoms with Gasteiger partial charge in [0.1, 0.15) is 6.10 Å². The molecule has 2 aliphatic heterocycles. The first kappa shape index (κ1) is 14.4. The van der Waals surface area contributed by atoms with Crippen LogP contribution in [0.4, 0.5) is 0 Å². The standard InChI is InChI=1S/C16H17N3O4/c20-9-11-13-14(19(13)8-10-4-2-1-3-5-10)15(23-11)18-7-6-12(21)17-16(18)22/h1-7,11,13-15,20H,8-9H2,(H,17,21,22)/t11-,13?,14?,15-,19?/m1/s1. The van der Waals surface area contributed by atoms with Gasteiger partial charge in [-0.15, -0.1) is 0 Å². The van der Waals surface area contributed by atoms with Gasteiger partial charge in [0.15, 0.2) is 6.23 Å². The summed E-state index contributed by atoms with van der Waals surface area (Å²) in [5.41, 5.74) is 0.244. The van der Waals surface area contributed by atoms with Gasteiger partial charge in [-0.1, -0.05) is 30.3 Å². The molecule has 0 amide bonds. The number of nitrogens with zero attached hydrogens (tertiary/aromatic N) is 2. The number of aromatic nitrogens is 2. The maximum Gasteiger partial charge on any atom is 0.330 e. The predicted molar refractivity (Wildman–Crippen MR) is 81.9 cm³/mol.